The van der Waals surface area contributed by atoms with E-state index in [0.717, 1.165) is 12.8 Å². The van der Waals surface area contributed by atoms with Gasteiger partial charge in [0.1, 0.15) is 6.61 Å². The van der Waals surface area contributed by atoms with Crippen molar-refractivity contribution in [3.8, 4) is 0 Å². The summed E-state index contributed by atoms with van der Waals surface area (Å²) in [6, 6.07) is 0. The molecular formula is C19H32O7. The van der Waals surface area contributed by atoms with Gasteiger partial charge in [0, 0.05) is 17.2 Å². The van der Waals surface area contributed by atoms with Crippen LogP contribution in [-0.4, -0.2) is 49.4 Å². The highest BCUT2D eigenvalue weighted by molar-refractivity contribution is 5.87. The molecule has 0 spiro atoms. The van der Waals surface area contributed by atoms with Crippen LogP contribution in [0.5, 0.6) is 0 Å². The van der Waals surface area contributed by atoms with Crippen LogP contribution in [0.1, 0.15) is 40.5 Å². The van der Waals surface area contributed by atoms with E-state index < -0.39 is 12.1 Å². The zero-order valence-corrected chi connectivity index (χ0v) is 16.5. The minimum atomic E-state index is -0.608. The van der Waals surface area contributed by atoms with E-state index in [9.17, 15) is 14.4 Å². The van der Waals surface area contributed by atoms with Crippen molar-refractivity contribution in [2.45, 2.75) is 46.6 Å². The number of esters is 3. The summed E-state index contributed by atoms with van der Waals surface area (Å²) in [5.41, 5.74) is 0.781. The van der Waals surface area contributed by atoms with Gasteiger partial charge in [0.25, 0.3) is 0 Å². The number of unbranched alkanes of at least 4 members (excludes halogenated alkanes) is 1. The molecule has 26 heavy (non-hydrogen) atoms. The molecular weight excluding hydrogens is 340 g/mol. The summed E-state index contributed by atoms with van der Waals surface area (Å²) in [5, 5.41) is 8.68. The zero-order valence-electron chi connectivity index (χ0n) is 16.5. The van der Waals surface area contributed by atoms with E-state index in [-0.39, 0.29) is 18.5 Å². The van der Waals surface area contributed by atoms with E-state index in [1.165, 1.54) is 13.2 Å². The van der Waals surface area contributed by atoms with E-state index >= 15 is 0 Å². The Labute approximate surface area is 156 Å². The molecule has 0 rings (SSSR count). The molecule has 0 aliphatic heterocycles. The summed E-state index contributed by atoms with van der Waals surface area (Å²) < 4.78 is 13.5. The van der Waals surface area contributed by atoms with Crippen LogP contribution in [0.15, 0.2) is 37.0 Å². The maximum absolute atomic E-state index is 10.6. The van der Waals surface area contributed by atoms with Crippen LogP contribution < -0.4 is 0 Å². The number of carbonyl (C=O) groups is 3. The van der Waals surface area contributed by atoms with Crippen LogP contribution in [0.4, 0.5) is 0 Å². The molecule has 0 aromatic heterocycles. The maximum Gasteiger partial charge on any atom is 0.333 e. The van der Waals surface area contributed by atoms with Gasteiger partial charge in [0.2, 0.25) is 0 Å². The van der Waals surface area contributed by atoms with E-state index in [1.54, 1.807) is 20.8 Å². The van der Waals surface area contributed by atoms with Gasteiger partial charge in [-0.25, -0.2) is 14.4 Å². The summed E-state index contributed by atoms with van der Waals surface area (Å²) in [5.74, 6) is -1.13. The van der Waals surface area contributed by atoms with Gasteiger partial charge in [-0.1, -0.05) is 33.1 Å². The first-order chi connectivity index (χ1) is 12.0. The molecule has 0 radical (unpaired) electrons. The highest BCUT2D eigenvalue weighted by Crippen LogP contribution is 1.92. The molecule has 0 heterocycles. The van der Waals surface area contributed by atoms with Crippen LogP contribution >= 0.6 is 0 Å². The minimum absolute atomic E-state index is 0.0334. The fourth-order valence-electron chi connectivity index (χ4n) is 0.870. The van der Waals surface area contributed by atoms with Crippen molar-refractivity contribution in [1.82, 2.24) is 0 Å². The molecule has 1 atom stereocenters. The average molecular weight is 372 g/mol. The summed E-state index contributed by atoms with van der Waals surface area (Å²) in [7, 11) is 1.33. The monoisotopic (exact) mass is 372 g/mol. The SMILES string of the molecule is C=C(C)C(=O)OC.C=C(C)C(=O)OCC(C)O.C=CC(=O)OCCCC. The quantitative estimate of drug-likeness (QED) is 0.303. The summed E-state index contributed by atoms with van der Waals surface area (Å²) >= 11 is 0. The van der Waals surface area contributed by atoms with Gasteiger partial charge in [0.15, 0.2) is 0 Å². The molecule has 0 saturated heterocycles. The lowest BCUT2D eigenvalue weighted by molar-refractivity contribution is -0.141. The third-order valence-electron chi connectivity index (χ3n) is 2.25. The fourth-order valence-corrected chi connectivity index (χ4v) is 0.870. The molecule has 0 amide bonds. The number of hydrogen-bond donors (Lipinski definition) is 1. The van der Waals surface area contributed by atoms with Crippen LogP contribution in [0.25, 0.3) is 0 Å². The number of ether oxygens (including phenoxy) is 3. The normalized spacial score (nSPS) is 9.77. The number of methoxy groups -OCH3 is 1. The lowest BCUT2D eigenvalue weighted by atomic mass is 10.3. The molecule has 0 saturated carbocycles. The minimum Gasteiger partial charge on any atom is -0.466 e. The number of carbonyl (C=O) groups excluding carboxylic acids is 3. The molecule has 150 valence electrons. The molecule has 0 aliphatic rings. The third-order valence-corrected chi connectivity index (χ3v) is 2.25. The molecule has 0 aliphatic carbocycles. The highest BCUT2D eigenvalue weighted by atomic mass is 16.5. The lowest BCUT2D eigenvalue weighted by Crippen LogP contribution is -2.15. The van der Waals surface area contributed by atoms with Gasteiger partial charge in [-0.05, 0) is 27.2 Å². The average Bonchev–Trinajstić information content (AvgIpc) is 2.59. The van der Waals surface area contributed by atoms with Crippen molar-refractivity contribution >= 4 is 17.9 Å². The molecule has 1 N–H and O–H groups in total. The molecule has 1 unspecified atom stereocenters. The number of aliphatic hydroxyl groups is 1. The third kappa shape index (κ3) is 23.9. The fraction of sp³-hybridized carbons (Fsp3) is 0.526. The Morgan fingerprint density at radius 2 is 1.58 bits per heavy atom. The Morgan fingerprint density at radius 3 is 1.85 bits per heavy atom. The van der Waals surface area contributed by atoms with Gasteiger partial charge in [-0.3, -0.25) is 0 Å². The van der Waals surface area contributed by atoms with Gasteiger partial charge in [-0.2, -0.15) is 0 Å². The second-order valence-electron chi connectivity index (χ2n) is 5.22. The van der Waals surface area contributed by atoms with Crippen LogP contribution in [-0.2, 0) is 28.6 Å². The molecule has 0 aromatic carbocycles. The second-order valence-corrected chi connectivity index (χ2v) is 5.22. The maximum atomic E-state index is 10.6. The number of aliphatic hydroxyl groups excluding tert-OH is 1. The van der Waals surface area contributed by atoms with Gasteiger partial charge < -0.3 is 19.3 Å². The first-order valence-corrected chi connectivity index (χ1v) is 8.07. The Hall–Kier alpha value is -2.41. The predicted molar refractivity (Wildman–Crippen MR) is 100 cm³/mol. The van der Waals surface area contributed by atoms with Gasteiger partial charge in [0.05, 0.1) is 19.8 Å². The Balaban J connectivity index is -0.000000310. The number of rotatable bonds is 8. The molecule has 7 nitrogen and oxygen atoms in total. The zero-order chi connectivity index (χ0) is 21.1. The number of hydrogen-bond acceptors (Lipinski definition) is 7. The Morgan fingerprint density at radius 1 is 1.08 bits per heavy atom. The van der Waals surface area contributed by atoms with E-state index in [0.29, 0.717) is 17.8 Å². The highest BCUT2D eigenvalue weighted by Gasteiger charge is 2.03. The van der Waals surface area contributed by atoms with E-state index in [4.69, 9.17) is 5.11 Å². The van der Waals surface area contributed by atoms with Crippen molar-refractivity contribution in [2.24, 2.45) is 0 Å². The predicted octanol–water partition coefficient (Wildman–Crippen LogP) is 2.74. The van der Waals surface area contributed by atoms with Gasteiger partial charge >= 0.3 is 17.9 Å². The summed E-state index contributed by atoms with van der Waals surface area (Å²) in [6.07, 6.45) is 2.54. The van der Waals surface area contributed by atoms with Crippen molar-refractivity contribution in [3.05, 3.63) is 37.0 Å². The largest absolute Gasteiger partial charge is 0.466 e. The van der Waals surface area contributed by atoms with Crippen LogP contribution in [0.3, 0.4) is 0 Å². The summed E-state index contributed by atoms with van der Waals surface area (Å²) in [4.78, 5) is 31.2. The molecule has 0 aromatic rings. The van der Waals surface area contributed by atoms with Crippen LogP contribution in [0, 0.1) is 0 Å². The topological polar surface area (TPSA) is 99.1 Å². The van der Waals surface area contributed by atoms with Crippen molar-refractivity contribution < 1.29 is 33.7 Å². The van der Waals surface area contributed by atoms with Crippen molar-refractivity contribution in [1.29, 1.82) is 0 Å². The Bertz CT molecular complexity index is 465. The van der Waals surface area contributed by atoms with Crippen molar-refractivity contribution in [3.63, 3.8) is 0 Å². The van der Waals surface area contributed by atoms with Crippen LogP contribution in [0.2, 0.25) is 0 Å². The molecule has 7 heteroatoms. The van der Waals surface area contributed by atoms with Gasteiger partial charge in [-0.15, -0.1) is 0 Å². The molecule has 0 fully saturated rings. The Kier molecular flexibility index (Phi) is 20.7. The van der Waals surface area contributed by atoms with E-state index in [2.05, 4.69) is 33.9 Å². The van der Waals surface area contributed by atoms with Crippen molar-refractivity contribution in [2.75, 3.05) is 20.3 Å². The lowest BCUT2D eigenvalue weighted by Gasteiger charge is -2.04. The standard InChI is InChI=1S/C7H12O3.C7H12O2.C5H8O2/c1-5(2)7(9)10-4-6(3)8;1-3-5-6-9-7(8)4-2;1-4(2)5(6)7-3/h6,8H,1,4H2,2-3H3;4H,2-3,5-6H2,1H3;1H2,2-3H3. The smallest absolute Gasteiger partial charge is 0.333 e. The first kappa shape index (κ1) is 28.4. The molecule has 0 bridgehead atoms. The van der Waals surface area contributed by atoms with E-state index in [1.807, 2.05) is 6.92 Å². The first-order valence-electron chi connectivity index (χ1n) is 8.07. The summed E-state index contributed by atoms with van der Waals surface area (Å²) in [6.45, 7) is 17.3. The second kappa shape index (κ2) is 18.9.